The molecule has 0 spiro atoms. The van der Waals surface area contributed by atoms with Crippen LogP contribution in [0.5, 0.6) is 0 Å². The van der Waals surface area contributed by atoms with E-state index < -0.39 is 23.0 Å². The van der Waals surface area contributed by atoms with Crippen LogP contribution in [0, 0.1) is 11.3 Å². The van der Waals surface area contributed by atoms with Gasteiger partial charge in [-0.2, -0.15) is 0 Å². The predicted octanol–water partition coefficient (Wildman–Crippen LogP) is 2.45. The Bertz CT molecular complexity index is 359. The topological polar surface area (TPSA) is 52.6 Å². The van der Waals surface area contributed by atoms with Gasteiger partial charge in [0, 0.05) is 5.92 Å². The Labute approximate surface area is 108 Å². The Morgan fingerprint density at radius 3 is 2.44 bits per heavy atom. The lowest BCUT2D eigenvalue weighted by Crippen LogP contribution is -2.70. The van der Waals surface area contributed by atoms with Crippen LogP contribution in [0.2, 0.25) is 0 Å². The number of cyclic esters (lactones) is 1. The molecule has 0 aromatic rings. The number of hydrogen-bond acceptors (Lipinski definition) is 4. The highest BCUT2D eigenvalue weighted by atomic mass is 16.6. The Morgan fingerprint density at radius 1 is 1.33 bits per heavy atom. The molecule has 0 aromatic heterocycles. The monoisotopic (exact) mass is 254 g/mol. The Hall–Kier alpha value is -1.06. The first kappa shape index (κ1) is 13.4. The summed E-state index contributed by atoms with van der Waals surface area (Å²) in [5, 5.41) is 0. The molecule has 2 atom stereocenters. The lowest BCUT2D eigenvalue weighted by Gasteiger charge is -2.55. The van der Waals surface area contributed by atoms with Gasteiger partial charge in [0.1, 0.15) is 5.60 Å². The molecule has 1 saturated heterocycles. The zero-order chi connectivity index (χ0) is 13.4. The van der Waals surface area contributed by atoms with Crippen molar-refractivity contribution in [2.45, 2.75) is 58.5 Å². The van der Waals surface area contributed by atoms with Crippen LogP contribution in [-0.4, -0.2) is 24.1 Å². The molecular formula is C14H22O4. The van der Waals surface area contributed by atoms with Gasteiger partial charge in [-0.25, -0.2) is 0 Å². The first-order valence-electron chi connectivity index (χ1n) is 6.87. The van der Waals surface area contributed by atoms with E-state index >= 15 is 0 Å². The van der Waals surface area contributed by atoms with E-state index in [-0.39, 0.29) is 5.92 Å². The van der Waals surface area contributed by atoms with Gasteiger partial charge in [0.15, 0.2) is 0 Å². The molecule has 0 unspecified atom stereocenters. The van der Waals surface area contributed by atoms with Gasteiger partial charge in [0.2, 0.25) is 5.41 Å². The van der Waals surface area contributed by atoms with Gasteiger partial charge in [-0.05, 0) is 33.6 Å². The fourth-order valence-corrected chi connectivity index (χ4v) is 3.26. The van der Waals surface area contributed by atoms with E-state index in [1.54, 1.807) is 13.8 Å². The van der Waals surface area contributed by atoms with Crippen molar-refractivity contribution < 1.29 is 19.1 Å². The minimum Gasteiger partial charge on any atom is -0.465 e. The Morgan fingerprint density at radius 2 is 1.94 bits per heavy atom. The van der Waals surface area contributed by atoms with Gasteiger partial charge in [0.05, 0.1) is 6.61 Å². The molecule has 1 saturated carbocycles. The molecule has 1 aliphatic heterocycles. The summed E-state index contributed by atoms with van der Waals surface area (Å²) in [6, 6.07) is 0. The van der Waals surface area contributed by atoms with E-state index in [2.05, 4.69) is 0 Å². The maximum absolute atomic E-state index is 12.1. The molecule has 0 amide bonds. The van der Waals surface area contributed by atoms with E-state index in [1.807, 2.05) is 6.92 Å². The smallest absolute Gasteiger partial charge is 0.328 e. The summed E-state index contributed by atoms with van der Waals surface area (Å²) >= 11 is 0. The molecule has 1 heterocycles. The van der Waals surface area contributed by atoms with Crippen molar-refractivity contribution in [2.24, 2.45) is 11.3 Å². The number of rotatable bonds is 3. The molecule has 102 valence electrons. The molecule has 0 radical (unpaired) electrons. The van der Waals surface area contributed by atoms with Crippen molar-refractivity contribution in [1.82, 2.24) is 0 Å². The second-order valence-corrected chi connectivity index (χ2v) is 5.68. The highest BCUT2D eigenvalue weighted by Crippen LogP contribution is 2.54. The zero-order valence-electron chi connectivity index (χ0n) is 11.5. The highest BCUT2D eigenvalue weighted by molar-refractivity contribution is 6.05. The SMILES string of the molecule is CCOC(=O)[C@@]1(C)C(=O)O[C@]1(C)C1CCCCC1. The van der Waals surface area contributed by atoms with Crippen molar-refractivity contribution in [3.8, 4) is 0 Å². The van der Waals surface area contributed by atoms with Crippen LogP contribution in [-0.2, 0) is 19.1 Å². The van der Waals surface area contributed by atoms with Crippen LogP contribution in [0.15, 0.2) is 0 Å². The van der Waals surface area contributed by atoms with E-state index in [0.29, 0.717) is 6.61 Å². The fourth-order valence-electron chi connectivity index (χ4n) is 3.26. The van der Waals surface area contributed by atoms with E-state index in [0.717, 1.165) is 25.7 Å². The van der Waals surface area contributed by atoms with Crippen LogP contribution < -0.4 is 0 Å². The summed E-state index contributed by atoms with van der Waals surface area (Å²) in [7, 11) is 0. The minimum atomic E-state index is -1.12. The van der Waals surface area contributed by atoms with Crippen molar-refractivity contribution in [2.75, 3.05) is 6.61 Å². The van der Waals surface area contributed by atoms with Crippen LogP contribution in [0.4, 0.5) is 0 Å². The molecule has 1 aliphatic carbocycles. The van der Waals surface area contributed by atoms with Gasteiger partial charge >= 0.3 is 11.9 Å². The van der Waals surface area contributed by atoms with E-state index in [1.165, 1.54) is 6.42 Å². The second kappa shape index (κ2) is 4.56. The van der Waals surface area contributed by atoms with Crippen LogP contribution in [0.1, 0.15) is 52.9 Å². The molecule has 0 bridgehead atoms. The predicted molar refractivity (Wildman–Crippen MR) is 65.8 cm³/mol. The normalized spacial score (nSPS) is 36.7. The van der Waals surface area contributed by atoms with Gasteiger partial charge < -0.3 is 9.47 Å². The number of carbonyl (C=O) groups is 2. The quantitative estimate of drug-likeness (QED) is 0.573. The Balaban J connectivity index is 2.21. The summed E-state index contributed by atoms with van der Waals surface area (Å²) in [5.74, 6) is -0.596. The maximum Gasteiger partial charge on any atom is 0.328 e. The van der Waals surface area contributed by atoms with Gasteiger partial charge in [0.25, 0.3) is 0 Å². The summed E-state index contributed by atoms with van der Waals surface area (Å²) in [6.45, 7) is 5.61. The Kier molecular flexibility index (Phi) is 3.39. The van der Waals surface area contributed by atoms with Crippen LogP contribution in [0.3, 0.4) is 0 Å². The average Bonchev–Trinajstić information content (AvgIpc) is 2.39. The van der Waals surface area contributed by atoms with Gasteiger partial charge in [-0.15, -0.1) is 0 Å². The van der Waals surface area contributed by atoms with E-state index in [9.17, 15) is 9.59 Å². The van der Waals surface area contributed by atoms with Crippen molar-refractivity contribution in [3.05, 3.63) is 0 Å². The lowest BCUT2D eigenvalue weighted by atomic mass is 9.60. The van der Waals surface area contributed by atoms with Gasteiger partial charge in [-0.3, -0.25) is 9.59 Å². The molecule has 2 aliphatic rings. The van der Waals surface area contributed by atoms with E-state index in [4.69, 9.17) is 9.47 Å². The third kappa shape index (κ3) is 1.65. The summed E-state index contributed by atoms with van der Waals surface area (Å²) in [4.78, 5) is 23.9. The molecule has 18 heavy (non-hydrogen) atoms. The maximum atomic E-state index is 12.1. The average molecular weight is 254 g/mol. The summed E-state index contributed by atoms with van der Waals surface area (Å²) in [5.41, 5.74) is -1.80. The van der Waals surface area contributed by atoms with Crippen molar-refractivity contribution >= 4 is 11.9 Å². The standard InChI is InChI=1S/C14H22O4/c1-4-17-11(15)13(2)12(16)18-14(13,3)10-8-6-5-7-9-10/h10H,4-9H2,1-3H3/t13-,14+/m0/s1. The lowest BCUT2D eigenvalue weighted by molar-refractivity contribution is -0.255. The molecule has 0 N–H and O–H groups in total. The minimum absolute atomic E-state index is 0.276. The molecular weight excluding hydrogens is 232 g/mol. The summed E-state index contributed by atoms with van der Waals surface area (Å²) < 4.78 is 10.5. The molecule has 4 nitrogen and oxygen atoms in total. The molecule has 0 aromatic carbocycles. The third-order valence-electron chi connectivity index (χ3n) is 4.77. The highest BCUT2D eigenvalue weighted by Gasteiger charge is 2.71. The van der Waals surface area contributed by atoms with Crippen molar-refractivity contribution in [1.29, 1.82) is 0 Å². The number of carbonyl (C=O) groups excluding carboxylic acids is 2. The number of hydrogen-bond donors (Lipinski definition) is 0. The second-order valence-electron chi connectivity index (χ2n) is 5.68. The number of ether oxygens (including phenoxy) is 2. The largest absolute Gasteiger partial charge is 0.465 e. The molecule has 4 heteroatoms. The van der Waals surface area contributed by atoms with Crippen molar-refractivity contribution in [3.63, 3.8) is 0 Å². The first-order chi connectivity index (χ1) is 8.46. The third-order valence-corrected chi connectivity index (χ3v) is 4.77. The van der Waals surface area contributed by atoms with Gasteiger partial charge in [-0.1, -0.05) is 19.3 Å². The first-order valence-corrected chi connectivity index (χ1v) is 6.87. The summed E-state index contributed by atoms with van der Waals surface area (Å²) in [6.07, 6.45) is 5.58. The molecule has 2 fully saturated rings. The van der Waals surface area contributed by atoms with Crippen LogP contribution >= 0.6 is 0 Å². The molecule has 2 rings (SSSR count). The number of esters is 2. The zero-order valence-corrected chi connectivity index (χ0v) is 11.5. The fraction of sp³-hybridized carbons (Fsp3) is 0.857. The van der Waals surface area contributed by atoms with Crippen LogP contribution in [0.25, 0.3) is 0 Å².